The van der Waals surface area contributed by atoms with Crippen molar-refractivity contribution in [3.05, 3.63) is 17.5 Å². The third kappa shape index (κ3) is 8.76. The summed E-state index contributed by atoms with van der Waals surface area (Å²) in [6.45, 7) is 5.49. The van der Waals surface area contributed by atoms with Crippen molar-refractivity contribution in [1.29, 1.82) is 0 Å². The van der Waals surface area contributed by atoms with E-state index in [0.717, 1.165) is 23.8 Å². The molecular formula is C15H28IN5O2S. The Morgan fingerprint density at radius 1 is 1.42 bits per heavy atom. The lowest BCUT2D eigenvalue weighted by Gasteiger charge is -2.12. The molecule has 1 amide bonds. The monoisotopic (exact) mass is 469 g/mol. The van der Waals surface area contributed by atoms with Crippen LogP contribution in [0.5, 0.6) is 0 Å². The highest BCUT2D eigenvalue weighted by Gasteiger charge is 2.09. The quantitative estimate of drug-likeness (QED) is 0.262. The van der Waals surface area contributed by atoms with Gasteiger partial charge in [-0.2, -0.15) is 11.8 Å². The largest absolute Gasteiger partial charge is 0.359 e. The number of nitrogens with zero attached hydrogens (tertiary/aromatic N) is 3. The molecule has 9 heteroatoms. The lowest BCUT2D eigenvalue weighted by atomic mass is 10.1. The average molecular weight is 469 g/mol. The van der Waals surface area contributed by atoms with Crippen LogP contribution in [-0.4, -0.2) is 61.1 Å². The van der Waals surface area contributed by atoms with Crippen LogP contribution in [0.4, 0.5) is 0 Å². The van der Waals surface area contributed by atoms with Gasteiger partial charge in [0.25, 0.3) is 0 Å². The van der Waals surface area contributed by atoms with Crippen LogP contribution < -0.4 is 10.6 Å². The van der Waals surface area contributed by atoms with Gasteiger partial charge in [0, 0.05) is 32.5 Å². The van der Waals surface area contributed by atoms with Crippen molar-refractivity contribution >= 4 is 47.6 Å². The number of hydrogen-bond acceptors (Lipinski definition) is 5. The lowest BCUT2D eigenvalue weighted by Crippen LogP contribution is -2.39. The fourth-order valence-electron chi connectivity index (χ4n) is 1.59. The van der Waals surface area contributed by atoms with E-state index in [2.05, 4.69) is 34.6 Å². The van der Waals surface area contributed by atoms with Crippen molar-refractivity contribution in [1.82, 2.24) is 20.7 Å². The van der Waals surface area contributed by atoms with E-state index in [1.807, 2.05) is 12.3 Å². The Balaban J connectivity index is 0.00000529. The molecule has 0 aromatic carbocycles. The molecule has 1 aromatic rings. The number of carbonyl (C=O) groups excluding carboxylic acids is 1. The second-order valence-corrected chi connectivity index (χ2v) is 6.58. The number of nitrogens with one attached hydrogen (secondary N) is 2. The van der Waals surface area contributed by atoms with Crippen LogP contribution in [0, 0.1) is 0 Å². The van der Waals surface area contributed by atoms with E-state index in [4.69, 9.17) is 4.52 Å². The first-order chi connectivity index (χ1) is 10.9. The Hall–Kier alpha value is -0.970. The molecule has 0 radical (unpaired) electrons. The zero-order chi connectivity index (χ0) is 17.2. The number of aromatic nitrogens is 1. The number of thioether (sulfide) groups is 1. The summed E-state index contributed by atoms with van der Waals surface area (Å²) in [5, 5.41) is 10.4. The van der Waals surface area contributed by atoms with Gasteiger partial charge in [0.2, 0.25) is 5.91 Å². The van der Waals surface area contributed by atoms with Gasteiger partial charge in [-0.05, 0) is 12.2 Å². The number of aliphatic imine (C=N–C) groups is 1. The third-order valence-electron chi connectivity index (χ3n) is 3.07. The first-order valence-electron chi connectivity index (χ1n) is 7.60. The van der Waals surface area contributed by atoms with Crippen molar-refractivity contribution in [3.8, 4) is 0 Å². The molecule has 0 spiro atoms. The summed E-state index contributed by atoms with van der Waals surface area (Å²) in [4.78, 5) is 17.5. The van der Waals surface area contributed by atoms with Gasteiger partial charge in [-0.25, -0.2) is 4.99 Å². The number of carbonyl (C=O) groups is 1. The van der Waals surface area contributed by atoms with Crippen molar-refractivity contribution in [3.63, 3.8) is 0 Å². The van der Waals surface area contributed by atoms with Gasteiger partial charge in [-0.15, -0.1) is 24.0 Å². The summed E-state index contributed by atoms with van der Waals surface area (Å²) in [5.74, 6) is 2.59. The molecule has 0 saturated heterocycles. The van der Waals surface area contributed by atoms with E-state index in [1.54, 1.807) is 25.9 Å². The van der Waals surface area contributed by atoms with Crippen LogP contribution in [-0.2, 0) is 11.3 Å². The topological polar surface area (TPSA) is 82.8 Å². The normalized spacial score (nSPS) is 11.2. The second kappa shape index (κ2) is 12.4. The minimum atomic E-state index is -0.0438. The molecule has 0 atom stereocenters. The van der Waals surface area contributed by atoms with Gasteiger partial charge in [-0.1, -0.05) is 19.0 Å². The summed E-state index contributed by atoms with van der Waals surface area (Å²) < 4.78 is 5.29. The molecule has 0 aliphatic carbocycles. The third-order valence-corrected chi connectivity index (χ3v) is 3.68. The number of likely N-dealkylation sites (N-methyl/N-ethyl adjacent to an activating group) is 1. The molecule has 1 rings (SSSR count). The zero-order valence-corrected chi connectivity index (χ0v) is 18.1. The molecule has 1 heterocycles. The van der Waals surface area contributed by atoms with E-state index in [-0.39, 0.29) is 36.4 Å². The highest BCUT2D eigenvalue weighted by molar-refractivity contribution is 14.0. The standard InChI is InChI=1S/C15H27N5O2S.HI/c1-11(2)13-8-12(22-19-13)9-17-15(16-6-7-23-5)18-10-14(21)20(3)4;/h8,11H,6-7,9-10H2,1-5H3,(H2,16,17,18);1H. The molecule has 1 aromatic heterocycles. The van der Waals surface area contributed by atoms with Gasteiger partial charge in [-0.3, -0.25) is 4.79 Å². The maximum atomic E-state index is 11.7. The van der Waals surface area contributed by atoms with Crippen molar-refractivity contribution in [2.75, 3.05) is 39.2 Å². The molecule has 0 aliphatic rings. The van der Waals surface area contributed by atoms with Gasteiger partial charge in [0.1, 0.15) is 6.54 Å². The first-order valence-corrected chi connectivity index (χ1v) is 9.00. The van der Waals surface area contributed by atoms with Crippen LogP contribution in [0.2, 0.25) is 0 Å². The lowest BCUT2D eigenvalue weighted by molar-refractivity contribution is -0.127. The highest BCUT2D eigenvalue weighted by Crippen LogP contribution is 2.13. The summed E-state index contributed by atoms with van der Waals surface area (Å²) >= 11 is 1.74. The fourth-order valence-corrected chi connectivity index (χ4v) is 1.90. The second-order valence-electron chi connectivity index (χ2n) is 5.60. The summed E-state index contributed by atoms with van der Waals surface area (Å²) in [5.41, 5.74) is 0.929. The van der Waals surface area contributed by atoms with Crippen LogP contribution in [0.25, 0.3) is 0 Å². The minimum Gasteiger partial charge on any atom is -0.359 e. The molecule has 0 saturated carbocycles. The van der Waals surface area contributed by atoms with Crippen LogP contribution in [0.1, 0.15) is 31.2 Å². The molecule has 2 N–H and O–H groups in total. The summed E-state index contributed by atoms with van der Waals surface area (Å²) in [6.07, 6.45) is 2.05. The molecule has 138 valence electrons. The SMILES string of the molecule is CSCCNC(=NCC(=O)N(C)C)NCc1cc(C(C)C)no1.I. The summed E-state index contributed by atoms with van der Waals surface area (Å²) in [7, 11) is 3.43. The number of amides is 1. The van der Waals surface area contributed by atoms with Crippen LogP contribution in [0.3, 0.4) is 0 Å². The van der Waals surface area contributed by atoms with Crippen molar-refractivity contribution < 1.29 is 9.32 Å². The van der Waals surface area contributed by atoms with E-state index >= 15 is 0 Å². The van der Waals surface area contributed by atoms with Gasteiger partial charge >= 0.3 is 0 Å². The maximum absolute atomic E-state index is 11.7. The Labute approximate surface area is 165 Å². The van der Waals surface area contributed by atoms with E-state index in [9.17, 15) is 4.79 Å². The molecule has 7 nitrogen and oxygen atoms in total. The maximum Gasteiger partial charge on any atom is 0.243 e. The van der Waals surface area contributed by atoms with Crippen LogP contribution in [0.15, 0.2) is 15.6 Å². The molecule has 0 bridgehead atoms. The Bertz CT molecular complexity index is 520. The number of halogens is 1. The minimum absolute atomic E-state index is 0. The first kappa shape index (κ1) is 23.0. The van der Waals surface area contributed by atoms with Gasteiger partial charge in [0.15, 0.2) is 11.7 Å². The van der Waals surface area contributed by atoms with E-state index in [1.165, 1.54) is 4.90 Å². The Morgan fingerprint density at radius 3 is 2.67 bits per heavy atom. The van der Waals surface area contributed by atoms with E-state index in [0.29, 0.717) is 18.4 Å². The number of hydrogen-bond donors (Lipinski definition) is 2. The van der Waals surface area contributed by atoms with Crippen molar-refractivity contribution in [2.45, 2.75) is 26.3 Å². The smallest absolute Gasteiger partial charge is 0.243 e. The highest BCUT2D eigenvalue weighted by atomic mass is 127. The predicted molar refractivity (Wildman–Crippen MR) is 110 cm³/mol. The fraction of sp³-hybridized carbons (Fsp3) is 0.667. The number of guanidine groups is 1. The van der Waals surface area contributed by atoms with E-state index < -0.39 is 0 Å². The van der Waals surface area contributed by atoms with Crippen LogP contribution >= 0.6 is 35.7 Å². The van der Waals surface area contributed by atoms with Gasteiger partial charge in [0.05, 0.1) is 12.2 Å². The van der Waals surface area contributed by atoms with Crippen molar-refractivity contribution in [2.24, 2.45) is 4.99 Å². The van der Waals surface area contributed by atoms with Gasteiger partial charge < -0.3 is 20.1 Å². The predicted octanol–water partition coefficient (Wildman–Crippen LogP) is 1.90. The summed E-state index contributed by atoms with van der Waals surface area (Å²) in [6, 6.07) is 1.93. The zero-order valence-electron chi connectivity index (χ0n) is 15.0. The molecular weight excluding hydrogens is 441 g/mol. The molecule has 0 aliphatic heterocycles. The molecule has 24 heavy (non-hydrogen) atoms. The average Bonchev–Trinajstić information content (AvgIpc) is 2.98. The molecule has 0 fully saturated rings. The number of rotatable bonds is 8. The Kier molecular flexibility index (Phi) is 11.9. The Morgan fingerprint density at radius 2 is 2.12 bits per heavy atom. The molecule has 0 unspecified atom stereocenters.